The van der Waals surface area contributed by atoms with Gasteiger partial charge in [0.15, 0.2) is 6.79 Å². The van der Waals surface area contributed by atoms with Crippen molar-refractivity contribution in [1.29, 1.82) is 0 Å². The van der Waals surface area contributed by atoms with Gasteiger partial charge in [-0.15, -0.1) is 0 Å². The third kappa shape index (κ3) is 10.6. The van der Waals surface area contributed by atoms with Gasteiger partial charge in [-0.3, -0.25) is 4.98 Å². The smallest absolute Gasteiger partial charge is 0.256 e. The van der Waals surface area contributed by atoms with E-state index in [4.69, 9.17) is 38.0 Å². The summed E-state index contributed by atoms with van der Waals surface area (Å²) in [6.07, 6.45) is 5.94. The van der Waals surface area contributed by atoms with Gasteiger partial charge < -0.3 is 19.5 Å². The van der Waals surface area contributed by atoms with E-state index in [1.165, 1.54) is 5.56 Å². The van der Waals surface area contributed by atoms with Crippen molar-refractivity contribution in [2.75, 3.05) is 13.3 Å². The summed E-state index contributed by atoms with van der Waals surface area (Å²) in [7, 11) is 0. The summed E-state index contributed by atoms with van der Waals surface area (Å²) in [5, 5.41) is 4.22. The number of thiocarbonyl (C=S) groups is 1. The molecule has 1 N–H and O–H groups in total. The molecule has 1 atom stereocenters. The Morgan fingerprint density at radius 2 is 1.50 bits per heavy atom. The van der Waals surface area contributed by atoms with Gasteiger partial charge in [-0.2, -0.15) is 0 Å². The lowest BCUT2D eigenvalue weighted by Crippen LogP contribution is -2.31. The van der Waals surface area contributed by atoms with Crippen molar-refractivity contribution in [3.8, 4) is 5.75 Å². The fourth-order valence-electron chi connectivity index (χ4n) is 4.25. The summed E-state index contributed by atoms with van der Waals surface area (Å²) in [4.78, 5) is 4.36. The maximum atomic E-state index is 6.53. The van der Waals surface area contributed by atoms with Crippen LogP contribution in [0.3, 0.4) is 0 Å². The molecule has 0 aliphatic heterocycles. The molecule has 0 spiro atoms. The van der Waals surface area contributed by atoms with Crippen LogP contribution >= 0.6 is 23.8 Å². The molecule has 1 aromatic heterocycles. The average molecular weight is 575 g/mol. The molecule has 208 valence electrons. The molecule has 7 heteroatoms. The predicted molar refractivity (Wildman–Crippen MR) is 165 cm³/mol. The van der Waals surface area contributed by atoms with Crippen LogP contribution in [0, 0.1) is 0 Å². The quantitative estimate of drug-likeness (QED) is 0.0909. The lowest BCUT2D eigenvalue weighted by atomic mass is 10.0. The van der Waals surface area contributed by atoms with E-state index in [0.717, 1.165) is 48.9 Å². The number of aromatic nitrogens is 1. The van der Waals surface area contributed by atoms with E-state index >= 15 is 0 Å². The van der Waals surface area contributed by atoms with Crippen LogP contribution < -0.4 is 10.1 Å². The molecule has 0 amide bonds. The van der Waals surface area contributed by atoms with E-state index in [9.17, 15) is 0 Å². The molecule has 40 heavy (non-hydrogen) atoms. The lowest BCUT2D eigenvalue weighted by Gasteiger charge is -2.20. The fraction of sp³-hybridized carbons (Fsp3) is 0.273. The second kappa shape index (κ2) is 16.6. The van der Waals surface area contributed by atoms with E-state index in [2.05, 4.69) is 34.6 Å². The Morgan fingerprint density at radius 1 is 0.800 bits per heavy atom. The van der Waals surface area contributed by atoms with Gasteiger partial charge in [0.05, 0.1) is 11.6 Å². The molecule has 0 radical (unpaired) electrons. The number of benzene rings is 3. The minimum Gasteiger partial charge on any atom is -0.468 e. The molecule has 0 bridgehead atoms. The molecule has 0 saturated carbocycles. The van der Waals surface area contributed by atoms with Gasteiger partial charge in [-0.1, -0.05) is 84.4 Å². The molecule has 0 fully saturated rings. The van der Waals surface area contributed by atoms with Crippen LogP contribution in [0.2, 0.25) is 5.02 Å². The Labute approximate surface area is 247 Å². The van der Waals surface area contributed by atoms with Crippen LogP contribution in [0.25, 0.3) is 0 Å². The normalized spacial score (nSPS) is 11.5. The van der Waals surface area contributed by atoms with Crippen molar-refractivity contribution in [2.24, 2.45) is 0 Å². The monoisotopic (exact) mass is 574 g/mol. The highest BCUT2D eigenvalue weighted by atomic mass is 35.5. The van der Waals surface area contributed by atoms with Gasteiger partial charge >= 0.3 is 0 Å². The molecule has 4 aromatic rings. The molecule has 0 aliphatic carbocycles. The zero-order valence-corrected chi connectivity index (χ0v) is 24.1. The van der Waals surface area contributed by atoms with E-state index in [1.807, 2.05) is 72.8 Å². The molecule has 3 aromatic carbocycles. The first-order valence-electron chi connectivity index (χ1n) is 13.6. The molecule has 1 heterocycles. The number of rotatable bonds is 15. The van der Waals surface area contributed by atoms with Gasteiger partial charge in [0.25, 0.3) is 5.17 Å². The Bertz CT molecular complexity index is 1290. The van der Waals surface area contributed by atoms with Crippen molar-refractivity contribution in [1.82, 2.24) is 10.3 Å². The highest BCUT2D eigenvalue weighted by Gasteiger charge is 2.14. The molecule has 1 unspecified atom stereocenters. The Morgan fingerprint density at radius 3 is 2.20 bits per heavy atom. The SMILES string of the molecule is S=C(NCCc1ccccn1)OC(CCc1ccccc1)CCc1ccc(OCOCc2ccccc2)c(Cl)c1. The van der Waals surface area contributed by atoms with Crippen LogP contribution in [-0.2, 0) is 35.3 Å². The lowest BCUT2D eigenvalue weighted by molar-refractivity contribution is 0.00509. The van der Waals surface area contributed by atoms with E-state index in [0.29, 0.717) is 29.1 Å². The van der Waals surface area contributed by atoms with Crippen LogP contribution in [-0.4, -0.2) is 29.6 Å². The van der Waals surface area contributed by atoms with Crippen molar-refractivity contribution in [3.63, 3.8) is 0 Å². The molecule has 0 saturated heterocycles. The zero-order chi connectivity index (χ0) is 27.8. The minimum atomic E-state index is -0.0313. The number of nitrogens with one attached hydrogen (secondary N) is 1. The second-order valence-electron chi connectivity index (χ2n) is 9.45. The summed E-state index contributed by atoms with van der Waals surface area (Å²) in [5.41, 5.74) is 4.51. The number of halogens is 1. The van der Waals surface area contributed by atoms with E-state index in [-0.39, 0.29) is 12.9 Å². The highest BCUT2D eigenvalue weighted by molar-refractivity contribution is 7.80. The standard InChI is InChI=1S/C33H35ClN2O3S/c34-31-23-27(16-19-32(31)38-25-37-24-28-11-5-2-6-12-28)15-18-30(17-14-26-9-3-1-4-10-26)39-33(40)36-22-20-29-13-7-8-21-35-29/h1-13,16,19,21,23,30H,14-15,17-18,20,22,24-25H2,(H,36,40). The van der Waals surface area contributed by atoms with E-state index in [1.54, 1.807) is 6.20 Å². The largest absolute Gasteiger partial charge is 0.468 e. The summed E-state index contributed by atoms with van der Waals surface area (Å²) in [6.45, 7) is 1.29. The maximum Gasteiger partial charge on any atom is 0.256 e. The average Bonchev–Trinajstić information content (AvgIpc) is 2.99. The van der Waals surface area contributed by atoms with Gasteiger partial charge in [0, 0.05) is 24.9 Å². The highest BCUT2D eigenvalue weighted by Crippen LogP contribution is 2.27. The topological polar surface area (TPSA) is 52.6 Å². The minimum absolute atomic E-state index is 0.0313. The number of nitrogens with zero attached hydrogens (tertiary/aromatic N) is 1. The van der Waals surface area contributed by atoms with Crippen LogP contribution in [0.5, 0.6) is 5.75 Å². The number of pyridine rings is 1. The molecule has 0 aliphatic rings. The zero-order valence-electron chi connectivity index (χ0n) is 22.5. The van der Waals surface area contributed by atoms with Crippen molar-refractivity contribution < 1.29 is 14.2 Å². The maximum absolute atomic E-state index is 6.53. The summed E-state index contributed by atoms with van der Waals surface area (Å²) < 4.78 is 17.6. The molecule has 4 rings (SSSR count). The van der Waals surface area contributed by atoms with Gasteiger partial charge in [-0.25, -0.2) is 0 Å². The number of hydrogen-bond donors (Lipinski definition) is 1. The number of ether oxygens (including phenoxy) is 3. The Hall–Kier alpha value is -3.45. The van der Waals surface area contributed by atoms with Crippen molar-refractivity contribution >= 4 is 29.0 Å². The fourth-order valence-corrected chi connectivity index (χ4v) is 4.75. The van der Waals surface area contributed by atoms with Gasteiger partial charge in [-0.05, 0) is 78.9 Å². The Kier molecular flexibility index (Phi) is 12.3. The molecule has 5 nitrogen and oxygen atoms in total. The first-order valence-corrected chi connectivity index (χ1v) is 14.4. The predicted octanol–water partition coefficient (Wildman–Crippen LogP) is 7.36. The first-order chi connectivity index (χ1) is 19.7. The van der Waals surface area contributed by atoms with Crippen molar-refractivity contribution in [3.05, 3.63) is 131 Å². The second-order valence-corrected chi connectivity index (χ2v) is 10.2. The van der Waals surface area contributed by atoms with Gasteiger partial charge in [0.1, 0.15) is 11.9 Å². The summed E-state index contributed by atoms with van der Waals surface area (Å²) >= 11 is 12.0. The Balaban J connectivity index is 1.26. The molecular weight excluding hydrogens is 540 g/mol. The van der Waals surface area contributed by atoms with Crippen LogP contribution in [0.15, 0.2) is 103 Å². The summed E-state index contributed by atoms with van der Waals surface area (Å²) in [6, 6.07) is 32.2. The van der Waals surface area contributed by atoms with Crippen LogP contribution in [0.1, 0.15) is 35.2 Å². The third-order valence-electron chi connectivity index (χ3n) is 6.41. The van der Waals surface area contributed by atoms with Gasteiger partial charge in [0.2, 0.25) is 0 Å². The molecular formula is C33H35ClN2O3S. The van der Waals surface area contributed by atoms with Crippen LogP contribution in [0.4, 0.5) is 0 Å². The van der Waals surface area contributed by atoms with Crippen molar-refractivity contribution in [2.45, 2.75) is 44.8 Å². The third-order valence-corrected chi connectivity index (χ3v) is 6.94. The number of aryl methyl sites for hydroxylation is 2. The first kappa shape index (κ1) is 29.5. The van der Waals surface area contributed by atoms with E-state index < -0.39 is 0 Å². The summed E-state index contributed by atoms with van der Waals surface area (Å²) in [5.74, 6) is 0.605. The number of hydrogen-bond acceptors (Lipinski definition) is 5.